The number of carboxylic acids is 1. The zero-order chi connectivity index (χ0) is 13.0. The zero-order valence-corrected chi connectivity index (χ0v) is 10.6. The van der Waals surface area contributed by atoms with Crippen molar-refractivity contribution in [1.82, 2.24) is 4.90 Å². The fourth-order valence-corrected chi connectivity index (χ4v) is 2.47. The third-order valence-corrected chi connectivity index (χ3v) is 3.42. The van der Waals surface area contributed by atoms with Crippen LogP contribution in [0, 0.1) is 0 Å². The summed E-state index contributed by atoms with van der Waals surface area (Å²) < 4.78 is 5.09. The molecule has 5 heteroatoms. The Kier molecular flexibility index (Phi) is 6.43. The summed E-state index contributed by atoms with van der Waals surface area (Å²) in [6.45, 7) is 1.73. The van der Waals surface area contributed by atoms with Crippen LogP contribution >= 0.6 is 0 Å². The average Bonchev–Trinajstić information content (AvgIpc) is 2.40. The van der Waals surface area contributed by atoms with Gasteiger partial charge in [0.2, 0.25) is 0 Å². The quantitative estimate of drug-likeness (QED) is 0.833. The monoisotopic (exact) mass is 257 g/mol. The molecule has 1 aromatic carbocycles. The van der Waals surface area contributed by atoms with Crippen LogP contribution < -0.4 is 4.74 Å². The number of likely N-dealkylation sites (tertiary alicyclic amines) is 1. The normalized spacial score (nSPS) is 17.3. The van der Waals surface area contributed by atoms with E-state index >= 15 is 0 Å². The second-order valence-electron chi connectivity index (χ2n) is 4.61. The van der Waals surface area contributed by atoms with E-state index in [0.717, 1.165) is 37.2 Å². The van der Waals surface area contributed by atoms with Crippen molar-refractivity contribution in [1.29, 1.82) is 0 Å². The van der Waals surface area contributed by atoms with E-state index < -0.39 is 12.0 Å². The third kappa shape index (κ3) is 4.00. The Morgan fingerprint density at radius 3 is 2.26 bits per heavy atom. The van der Waals surface area contributed by atoms with Crippen LogP contribution in [0.2, 0.25) is 0 Å². The topological polar surface area (TPSA) is 49.8 Å². The Labute approximate surface area is 125 Å². The molecule has 100 valence electrons. The van der Waals surface area contributed by atoms with Gasteiger partial charge in [-0.15, -0.1) is 0 Å². The van der Waals surface area contributed by atoms with Crippen molar-refractivity contribution in [3.05, 3.63) is 29.8 Å². The van der Waals surface area contributed by atoms with Gasteiger partial charge in [0.15, 0.2) is 0 Å². The Balaban J connectivity index is 0.00000180. The predicted octanol–water partition coefficient (Wildman–Crippen LogP) is 1.66. The van der Waals surface area contributed by atoms with Gasteiger partial charge in [-0.05, 0) is 43.6 Å². The molecule has 19 heavy (non-hydrogen) atoms. The van der Waals surface area contributed by atoms with Crippen molar-refractivity contribution >= 4 is 24.8 Å². The van der Waals surface area contributed by atoms with E-state index in [0.29, 0.717) is 0 Å². The van der Waals surface area contributed by atoms with Crippen LogP contribution in [0.15, 0.2) is 24.3 Å². The van der Waals surface area contributed by atoms with E-state index in [9.17, 15) is 9.90 Å². The van der Waals surface area contributed by atoms with Crippen LogP contribution in [0.1, 0.15) is 30.9 Å². The Morgan fingerprint density at radius 1 is 1.21 bits per heavy atom. The number of benzene rings is 1. The SMILES string of the molecule is COc1ccc(C(C(=O)O)N2CCCCC2)cc1.[LiH]. The molecule has 0 aromatic heterocycles. The molecule has 1 atom stereocenters. The summed E-state index contributed by atoms with van der Waals surface area (Å²) in [7, 11) is 1.61. The molecule has 1 aromatic rings. The molecule has 1 saturated heterocycles. The molecule has 4 nitrogen and oxygen atoms in total. The van der Waals surface area contributed by atoms with Crippen LogP contribution in [0.25, 0.3) is 0 Å². The van der Waals surface area contributed by atoms with Gasteiger partial charge in [-0.3, -0.25) is 9.69 Å². The number of hydrogen-bond acceptors (Lipinski definition) is 3. The van der Waals surface area contributed by atoms with Crippen molar-refractivity contribution in [3.63, 3.8) is 0 Å². The first kappa shape index (κ1) is 16.1. The third-order valence-electron chi connectivity index (χ3n) is 3.42. The fourth-order valence-electron chi connectivity index (χ4n) is 2.47. The maximum absolute atomic E-state index is 11.5. The van der Waals surface area contributed by atoms with E-state index in [1.807, 2.05) is 29.2 Å². The molecule has 1 N–H and O–H groups in total. The molecule has 0 bridgehead atoms. The molecule has 1 aliphatic rings. The van der Waals surface area contributed by atoms with Gasteiger partial charge in [0.05, 0.1) is 7.11 Å². The molecule has 0 spiro atoms. The molecule has 0 saturated carbocycles. The van der Waals surface area contributed by atoms with Crippen molar-refractivity contribution < 1.29 is 14.6 Å². The van der Waals surface area contributed by atoms with Crippen LogP contribution in [0.3, 0.4) is 0 Å². The summed E-state index contributed by atoms with van der Waals surface area (Å²) in [5.74, 6) is -0.0244. The summed E-state index contributed by atoms with van der Waals surface area (Å²) in [5, 5.41) is 9.43. The van der Waals surface area contributed by atoms with E-state index in [-0.39, 0.29) is 18.9 Å². The summed E-state index contributed by atoms with van der Waals surface area (Å²) in [6, 6.07) is 6.78. The van der Waals surface area contributed by atoms with E-state index in [1.165, 1.54) is 6.42 Å². The number of ether oxygens (including phenoxy) is 1. The van der Waals surface area contributed by atoms with Gasteiger partial charge in [0, 0.05) is 0 Å². The molecular weight excluding hydrogens is 237 g/mol. The number of rotatable bonds is 4. The molecule has 0 radical (unpaired) electrons. The number of aliphatic carboxylic acids is 1. The second kappa shape index (κ2) is 7.59. The zero-order valence-electron chi connectivity index (χ0n) is 10.6. The van der Waals surface area contributed by atoms with Crippen molar-refractivity contribution in [2.45, 2.75) is 25.3 Å². The number of methoxy groups -OCH3 is 1. The summed E-state index contributed by atoms with van der Waals surface area (Å²) in [5.41, 5.74) is 0.824. The second-order valence-corrected chi connectivity index (χ2v) is 4.61. The van der Waals surface area contributed by atoms with Crippen LogP contribution in [0.5, 0.6) is 5.75 Å². The van der Waals surface area contributed by atoms with Gasteiger partial charge in [0.25, 0.3) is 0 Å². The van der Waals surface area contributed by atoms with Gasteiger partial charge in [0.1, 0.15) is 11.8 Å². The van der Waals surface area contributed by atoms with Gasteiger partial charge in [-0.25, -0.2) is 0 Å². The molecule has 0 amide bonds. The summed E-state index contributed by atoms with van der Waals surface area (Å²) in [4.78, 5) is 13.5. The molecule has 0 aliphatic carbocycles. The first-order chi connectivity index (χ1) is 8.72. The van der Waals surface area contributed by atoms with E-state index in [1.54, 1.807) is 7.11 Å². The van der Waals surface area contributed by atoms with Gasteiger partial charge < -0.3 is 9.84 Å². The maximum atomic E-state index is 11.5. The van der Waals surface area contributed by atoms with Crippen molar-refractivity contribution in [3.8, 4) is 5.75 Å². The van der Waals surface area contributed by atoms with Gasteiger partial charge in [-0.1, -0.05) is 18.6 Å². The summed E-state index contributed by atoms with van der Waals surface area (Å²) in [6.07, 6.45) is 3.37. The first-order valence-corrected chi connectivity index (χ1v) is 6.33. The molecule has 2 rings (SSSR count). The van der Waals surface area contributed by atoms with Gasteiger partial charge >= 0.3 is 24.8 Å². The fraction of sp³-hybridized carbons (Fsp3) is 0.500. The number of carbonyl (C=O) groups is 1. The number of nitrogens with zero attached hydrogens (tertiary/aromatic N) is 1. The Bertz CT molecular complexity index is 402. The molecule has 1 aliphatic heterocycles. The van der Waals surface area contributed by atoms with Crippen molar-refractivity contribution in [2.75, 3.05) is 20.2 Å². The average molecular weight is 257 g/mol. The van der Waals surface area contributed by atoms with E-state index in [2.05, 4.69) is 0 Å². The van der Waals surface area contributed by atoms with Crippen molar-refractivity contribution in [2.24, 2.45) is 0 Å². The molecule has 1 unspecified atom stereocenters. The molecule has 1 heterocycles. The minimum absolute atomic E-state index is 0. The van der Waals surface area contributed by atoms with E-state index in [4.69, 9.17) is 4.74 Å². The van der Waals surface area contributed by atoms with Crippen LogP contribution in [-0.2, 0) is 4.79 Å². The predicted molar refractivity (Wildman–Crippen MR) is 75.9 cm³/mol. The number of carboxylic acid groups (broad SMARTS) is 1. The molecule has 1 fully saturated rings. The standard InChI is InChI=1S/C14H19NO3.Li.H/c1-18-12-7-5-11(6-8-12)13(14(16)17)15-9-3-2-4-10-15;;/h5-8,13H,2-4,9-10H2,1H3,(H,16,17);;. The Morgan fingerprint density at radius 2 is 1.79 bits per heavy atom. The first-order valence-electron chi connectivity index (χ1n) is 6.33. The molecular formula is C14H20LiNO3. The van der Waals surface area contributed by atoms with Crippen LogP contribution in [-0.4, -0.2) is 55.0 Å². The minimum atomic E-state index is -0.776. The summed E-state index contributed by atoms with van der Waals surface area (Å²) >= 11 is 0. The van der Waals surface area contributed by atoms with Gasteiger partial charge in [-0.2, -0.15) is 0 Å². The Hall–Kier alpha value is -0.953. The number of hydrogen-bond donors (Lipinski definition) is 1. The number of piperidine rings is 1. The van der Waals surface area contributed by atoms with Crippen LogP contribution in [0.4, 0.5) is 0 Å².